The fourth-order valence-electron chi connectivity index (χ4n) is 2.03. The van der Waals surface area contributed by atoms with E-state index in [9.17, 15) is 0 Å². The first kappa shape index (κ1) is 13.3. The zero-order valence-corrected chi connectivity index (χ0v) is 12.1. The highest BCUT2D eigenvalue weighted by Gasteiger charge is 2.05. The Hall–Kier alpha value is -1.13. The van der Waals surface area contributed by atoms with E-state index >= 15 is 0 Å². The van der Waals surface area contributed by atoms with Gasteiger partial charge >= 0.3 is 0 Å². The molecule has 0 radical (unpaired) electrons. The van der Waals surface area contributed by atoms with Crippen LogP contribution in [0.4, 0.5) is 0 Å². The molecule has 0 saturated heterocycles. The van der Waals surface area contributed by atoms with Crippen molar-refractivity contribution in [2.24, 2.45) is 7.05 Å². The molecule has 1 N–H and O–H groups in total. The molecule has 0 amide bonds. The maximum absolute atomic E-state index is 4.18. The number of nitrogens with zero attached hydrogens (tertiary/aromatic N) is 2. The molecule has 0 aliphatic rings. The van der Waals surface area contributed by atoms with Gasteiger partial charge in [0.1, 0.15) is 0 Å². The van der Waals surface area contributed by atoms with Gasteiger partial charge in [0.25, 0.3) is 0 Å². The van der Waals surface area contributed by atoms with Gasteiger partial charge in [0, 0.05) is 29.0 Å². The van der Waals surface area contributed by atoms with E-state index in [-0.39, 0.29) is 0 Å². The molecule has 4 heteroatoms. The minimum absolute atomic E-state index is 0.528. The zero-order valence-electron chi connectivity index (χ0n) is 11.3. The molecule has 0 fully saturated rings. The standard InChI is InChI=1S/C14H21N3S/c1-11(8-14-5-4-12(2)18-14)15-7-6-13-9-16-17(3)10-13/h4-5,9-11,15H,6-8H2,1-3H3. The van der Waals surface area contributed by atoms with E-state index < -0.39 is 0 Å². The Morgan fingerprint density at radius 2 is 2.28 bits per heavy atom. The average molecular weight is 263 g/mol. The van der Waals surface area contributed by atoms with Crippen LogP contribution in [0, 0.1) is 6.92 Å². The molecular formula is C14H21N3S. The second-order valence-electron chi connectivity index (χ2n) is 4.84. The monoisotopic (exact) mass is 263 g/mol. The van der Waals surface area contributed by atoms with Crippen LogP contribution in [-0.2, 0) is 19.9 Å². The van der Waals surface area contributed by atoms with Gasteiger partial charge in [0.15, 0.2) is 0 Å². The van der Waals surface area contributed by atoms with Crippen LogP contribution in [0.1, 0.15) is 22.2 Å². The number of nitrogens with one attached hydrogen (secondary N) is 1. The Labute approximate surface area is 113 Å². The van der Waals surface area contributed by atoms with Crippen molar-refractivity contribution in [3.05, 3.63) is 39.8 Å². The second kappa shape index (κ2) is 6.16. The molecule has 2 aromatic rings. The molecule has 0 spiro atoms. The third kappa shape index (κ3) is 3.96. The van der Waals surface area contributed by atoms with Crippen LogP contribution in [0.5, 0.6) is 0 Å². The Bertz CT molecular complexity index is 487. The van der Waals surface area contributed by atoms with Gasteiger partial charge in [-0.3, -0.25) is 4.68 Å². The molecule has 2 rings (SSSR count). The summed E-state index contributed by atoms with van der Waals surface area (Å²) in [5.74, 6) is 0. The predicted octanol–water partition coefficient (Wildman–Crippen LogP) is 2.55. The summed E-state index contributed by atoms with van der Waals surface area (Å²) in [4.78, 5) is 2.86. The molecule has 2 aromatic heterocycles. The lowest BCUT2D eigenvalue weighted by Gasteiger charge is -2.12. The van der Waals surface area contributed by atoms with Gasteiger partial charge in [0.2, 0.25) is 0 Å². The number of thiophene rings is 1. The lowest BCUT2D eigenvalue weighted by molar-refractivity contribution is 0.551. The van der Waals surface area contributed by atoms with E-state index in [1.807, 2.05) is 29.3 Å². The Balaban J connectivity index is 1.70. The van der Waals surface area contributed by atoms with Crippen molar-refractivity contribution < 1.29 is 0 Å². The highest BCUT2D eigenvalue weighted by Crippen LogP contribution is 2.16. The number of aryl methyl sites for hydroxylation is 2. The number of rotatable bonds is 6. The highest BCUT2D eigenvalue weighted by molar-refractivity contribution is 7.11. The average Bonchev–Trinajstić information content (AvgIpc) is 2.88. The molecule has 1 unspecified atom stereocenters. The van der Waals surface area contributed by atoms with Crippen LogP contribution in [-0.4, -0.2) is 22.4 Å². The summed E-state index contributed by atoms with van der Waals surface area (Å²) in [6.07, 6.45) is 6.18. The van der Waals surface area contributed by atoms with Gasteiger partial charge in [-0.1, -0.05) is 0 Å². The zero-order chi connectivity index (χ0) is 13.0. The summed E-state index contributed by atoms with van der Waals surface area (Å²) < 4.78 is 1.85. The van der Waals surface area contributed by atoms with Crippen LogP contribution in [0.25, 0.3) is 0 Å². The van der Waals surface area contributed by atoms with E-state index in [0.717, 1.165) is 19.4 Å². The first-order chi connectivity index (χ1) is 8.63. The smallest absolute Gasteiger partial charge is 0.0522 e. The molecule has 1 atom stereocenters. The molecule has 2 heterocycles. The quantitative estimate of drug-likeness (QED) is 0.868. The van der Waals surface area contributed by atoms with Gasteiger partial charge in [-0.15, -0.1) is 11.3 Å². The van der Waals surface area contributed by atoms with Crippen molar-refractivity contribution in [1.82, 2.24) is 15.1 Å². The van der Waals surface area contributed by atoms with Crippen molar-refractivity contribution in [1.29, 1.82) is 0 Å². The Morgan fingerprint density at radius 3 is 2.89 bits per heavy atom. The molecule has 0 aliphatic carbocycles. The first-order valence-electron chi connectivity index (χ1n) is 6.39. The Morgan fingerprint density at radius 1 is 1.44 bits per heavy atom. The number of aromatic nitrogens is 2. The van der Waals surface area contributed by atoms with Crippen molar-refractivity contribution in [2.75, 3.05) is 6.54 Å². The van der Waals surface area contributed by atoms with Gasteiger partial charge in [-0.2, -0.15) is 5.10 Å². The highest BCUT2D eigenvalue weighted by atomic mass is 32.1. The summed E-state index contributed by atoms with van der Waals surface area (Å²) in [5, 5.41) is 7.74. The lowest BCUT2D eigenvalue weighted by Crippen LogP contribution is -2.29. The topological polar surface area (TPSA) is 29.9 Å². The van der Waals surface area contributed by atoms with Crippen LogP contribution < -0.4 is 5.32 Å². The molecule has 18 heavy (non-hydrogen) atoms. The van der Waals surface area contributed by atoms with Crippen LogP contribution >= 0.6 is 11.3 Å². The third-order valence-electron chi connectivity index (χ3n) is 2.97. The van der Waals surface area contributed by atoms with Crippen molar-refractivity contribution in [3.8, 4) is 0 Å². The van der Waals surface area contributed by atoms with Gasteiger partial charge < -0.3 is 5.32 Å². The largest absolute Gasteiger partial charge is 0.314 e. The summed E-state index contributed by atoms with van der Waals surface area (Å²) in [6.45, 7) is 5.42. The van der Waals surface area contributed by atoms with Crippen molar-refractivity contribution in [2.45, 2.75) is 32.7 Å². The van der Waals surface area contributed by atoms with Gasteiger partial charge in [-0.05, 0) is 50.9 Å². The Kier molecular flexibility index (Phi) is 4.55. The van der Waals surface area contributed by atoms with Crippen LogP contribution in [0.2, 0.25) is 0 Å². The minimum atomic E-state index is 0.528. The van der Waals surface area contributed by atoms with Crippen LogP contribution in [0.15, 0.2) is 24.5 Å². The summed E-state index contributed by atoms with van der Waals surface area (Å²) in [6, 6.07) is 4.96. The molecule has 3 nitrogen and oxygen atoms in total. The van der Waals surface area contributed by atoms with E-state index in [1.165, 1.54) is 15.3 Å². The van der Waals surface area contributed by atoms with Crippen molar-refractivity contribution in [3.63, 3.8) is 0 Å². The molecule has 0 aliphatic heterocycles. The van der Waals surface area contributed by atoms with Crippen molar-refractivity contribution >= 4 is 11.3 Å². The molecule has 98 valence electrons. The van der Waals surface area contributed by atoms with E-state index in [2.05, 4.69) is 42.6 Å². The second-order valence-corrected chi connectivity index (χ2v) is 6.22. The summed E-state index contributed by atoms with van der Waals surface area (Å²) in [5.41, 5.74) is 1.30. The lowest BCUT2D eigenvalue weighted by atomic mass is 10.2. The fraction of sp³-hybridized carbons (Fsp3) is 0.500. The number of hydrogen-bond donors (Lipinski definition) is 1. The SMILES string of the molecule is Cc1ccc(CC(C)NCCc2cnn(C)c2)s1. The third-order valence-corrected chi connectivity index (χ3v) is 3.99. The van der Waals surface area contributed by atoms with Crippen LogP contribution in [0.3, 0.4) is 0 Å². The molecule has 0 saturated carbocycles. The summed E-state index contributed by atoms with van der Waals surface area (Å²) >= 11 is 1.90. The maximum atomic E-state index is 4.18. The van der Waals surface area contributed by atoms with Gasteiger partial charge in [0.05, 0.1) is 6.20 Å². The number of hydrogen-bond acceptors (Lipinski definition) is 3. The fourth-order valence-corrected chi connectivity index (χ4v) is 3.05. The van der Waals surface area contributed by atoms with E-state index in [1.54, 1.807) is 0 Å². The van der Waals surface area contributed by atoms with E-state index in [4.69, 9.17) is 0 Å². The van der Waals surface area contributed by atoms with E-state index in [0.29, 0.717) is 6.04 Å². The molecular weight excluding hydrogens is 242 g/mol. The van der Waals surface area contributed by atoms with Gasteiger partial charge in [-0.25, -0.2) is 0 Å². The first-order valence-corrected chi connectivity index (χ1v) is 7.21. The molecule has 0 bridgehead atoms. The normalized spacial score (nSPS) is 12.8. The summed E-state index contributed by atoms with van der Waals surface area (Å²) in [7, 11) is 1.96. The minimum Gasteiger partial charge on any atom is -0.314 e. The maximum Gasteiger partial charge on any atom is 0.0522 e. The molecule has 0 aromatic carbocycles. The predicted molar refractivity (Wildman–Crippen MR) is 77.1 cm³/mol.